The van der Waals surface area contributed by atoms with E-state index in [4.69, 9.17) is 10.5 Å². The van der Waals surface area contributed by atoms with Gasteiger partial charge in [-0.05, 0) is 93.8 Å². The maximum atomic E-state index is 14.1. The van der Waals surface area contributed by atoms with Gasteiger partial charge in [0.15, 0.2) is 11.7 Å². The number of imidazole rings is 1. The number of aromatic amines is 1. The number of nitrogens with two attached hydrogens (primary N) is 1. The van der Waals surface area contributed by atoms with Crippen LogP contribution >= 0.6 is 0 Å². The number of ether oxygens (including phenoxy) is 1. The number of rotatable bonds is 13. The Morgan fingerprint density at radius 3 is 2.48 bits per heavy atom. The summed E-state index contributed by atoms with van der Waals surface area (Å²) in [7, 11) is 0. The van der Waals surface area contributed by atoms with Crippen LogP contribution in [0.1, 0.15) is 119 Å². The minimum absolute atomic E-state index is 0.00539. The first-order valence-corrected chi connectivity index (χ1v) is 22.4. The highest BCUT2D eigenvalue weighted by Crippen LogP contribution is 2.46. The van der Waals surface area contributed by atoms with Gasteiger partial charge in [-0.25, -0.2) is 9.78 Å². The van der Waals surface area contributed by atoms with Gasteiger partial charge in [0, 0.05) is 104 Å². The first kappa shape index (κ1) is 45.2. The number of H-pyrrole nitrogens is 1. The van der Waals surface area contributed by atoms with Crippen LogP contribution < -0.4 is 21.3 Å². The van der Waals surface area contributed by atoms with Crippen molar-refractivity contribution in [3.05, 3.63) is 76.2 Å². The SMILES string of the molecule is CCc1cc2c(cc1N1CCN(C(=O)CCCN3C[C@H](NC(=O)[C@@H](CCCn4ccnc4N)NC(=O)OC(C)(C)C)C(C)(C)C3)CC1)C(C)(C)c1[nH]c3cc(C#N)ccc3c1C2=O. The summed E-state index contributed by atoms with van der Waals surface area (Å²) in [5, 5.41) is 16.4. The second kappa shape index (κ2) is 17.7. The van der Waals surface area contributed by atoms with Gasteiger partial charge < -0.3 is 45.4 Å². The normalized spacial score (nSPS) is 18.7. The zero-order valence-electron chi connectivity index (χ0n) is 38.2. The van der Waals surface area contributed by atoms with Crippen LogP contribution in [0, 0.1) is 16.7 Å². The molecule has 0 bridgehead atoms. The third-order valence-corrected chi connectivity index (χ3v) is 13.1. The summed E-state index contributed by atoms with van der Waals surface area (Å²) >= 11 is 0. The highest BCUT2D eigenvalue weighted by molar-refractivity contribution is 6.20. The van der Waals surface area contributed by atoms with Crippen molar-refractivity contribution in [3.63, 3.8) is 0 Å². The van der Waals surface area contributed by atoms with Crippen LogP contribution in [0.2, 0.25) is 0 Å². The molecule has 336 valence electrons. The zero-order chi connectivity index (χ0) is 45.4. The third-order valence-electron chi connectivity index (χ3n) is 13.1. The molecule has 2 aromatic heterocycles. The van der Waals surface area contributed by atoms with Gasteiger partial charge in [0.1, 0.15) is 11.6 Å². The monoisotopic (exact) mass is 861 g/mol. The fraction of sp³-hybridized carbons (Fsp3) is 0.542. The Morgan fingerprint density at radius 2 is 1.81 bits per heavy atom. The Labute approximate surface area is 370 Å². The average molecular weight is 861 g/mol. The molecule has 0 unspecified atom stereocenters. The molecule has 2 aromatic carbocycles. The Bertz CT molecular complexity index is 2430. The molecule has 4 aromatic rings. The summed E-state index contributed by atoms with van der Waals surface area (Å²) in [6.45, 7) is 21.4. The van der Waals surface area contributed by atoms with E-state index in [0.29, 0.717) is 82.0 Å². The van der Waals surface area contributed by atoms with Gasteiger partial charge in [0.05, 0.1) is 17.2 Å². The van der Waals surface area contributed by atoms with Gasteiger partial charge in [-0.15, -0.1) is 0 Å². The number of nitrogens with one attached hydrogen (secondary N) is 3. The predicted molar refractivity (Wildman–Crippen MR) is 244 cm³/mol. The number of carbonyl (C=O) groups excluding carboxylic acids is 4. The molecule has 1 aliphatic carbocycles. The Kier molecular flexibility index (Phi) is 12.7. The Morgan fingerprint density at radius 1 is 1.06 bits per heavy atom. The molecule has 0 radical (unpaired) electrons. The summed E-state index contributed by atoms with van der Waals surface area (Å²) < 4.78 is 7.30. The number of ketones is 1. The third kappa shape index (κ3) is 9.56. The van der Waals surface area contributed by atoms with E-state index >= 15 is 0 Å². The van der Waals surface area contributed by atoms with Gasteiger partial charge in [-0.1, -0.05) is 40.7 Å². The highest BCUT2D eigenvalue weighted by atomic mass is 16.6. The minimum Gasteiger partial charge on any atom is -0.444 e. The van der Waals surface area contributed by atoms with Gasteiger partial charge in [-0.3, -0.25) is 14.4 Å². The molecule has 7 rings (SSSR count). The number of nitriles is 1. The lowest BCUT2D eigenvalue weighted by Crippen LogP contribution is -2.53. The Balaban J connectivity index is 0.922. The minimum atomic E-state index is -0.793. The van der Waals surface area contributed by atoms with Gasteiger partial charge in [-0.2, -0.15) is 5.26 Å². The maximum Gasteiger partial charge on any atom is 0.408 e. The molecule has 4 heterocycles. The number of hydrogen-bond donors (Lipinski definition) is 4. The lowest BCUT2D eigenvalue weighted by molar-refractivity contribution is -0.131. The van der Waals surface area contributed by atoms with Crippen LogP contribution in [0.5, 0.6) is 0 Å². The number of alkyl carbamates (subject to hydrolysis) is 1. The number of likely N-dealkylation sites (tertiary alicyclic amines) is 1. The molecule has 2 saturated heterocycles. The van der Waals surface area contributed by atoms with E-state index < -0.39 is 23.2 Å². The van der Waals surface area contributed by atoms with Gasteiger partial charge in [0.2, 0.25) is 11.8 Å². The van der Waals surface area contributed by atoms with Crippen molar-refractivity contribution < 1.29 is 23.9 Å². The highest BCUT2D eigenvalue weighted by Gasteiger charge is 2.42. The fourth-order valence-corrected chi connectivity index (χ4v) is 9.62. The molecule has 5 N–H and O–H groups in total. The summed E-state index contributed by atoms with van der Waals surface area (Å²) in [5.41, 5.74) is 11.4. The van der Waals surface area contributed by atoms with Crippen LogP contribution in [0.4, 0.5) is 16.4 Å². The number of benzene rings is 2. The largest absolute Gasteiger partial charge is 0.444 e. The molecule has 0 spiro atoms. The molecule has 15 nitrogen and oxygen atoms in total. The van der Waals surface area contributed by atoms with Crippen molar-refractivity contribution in [2.45, 2.75) is 117 Å². The second-order valence-corrected chi connectivity index (χ2v) is 19.7. The van der Waals surface area contributed by atoms with Crippen molar-refractivity contribution in [3.8, 4) is 6.07 Å². The van der Waals surface area contributed by atoms with E-state index in [1.54, 1.807) is 39.2 Å². The predicted octanol–water partition coefficient (Wildman–Crippen LogP) is 5.88. The number of aryl methyl sites for hydroxylation is 2. The summed E-state index contributed by atoms with van der Waals surface area (Å²) in [5.74, 6) is 0.289. The molecule has 0 saturated carbocycles. The molecule has 2 fully saturated rings. The number of carbonyl (C=O) groups is 4. The second-order valence-electron chi connectivity index (χ2n) is 19.7. The van der Waals surface area contributed by atoms with Crippen molar-refractivity contribution in [1.82, 2.24) is 35.0 Å². The quantitative estimate of drug-likeness (QED) is 0.126. The summed E-state index contributed by atoms with van der Waals surface area (Å²) in [4.78, 5) is 68.4. The first-order valence-electron chi connectivity index (χ1n) is 22.4. The lowest BCUT2D eigenvalue weighted by atomic mass is 9.70. The van der Waals surface area contributed by atoms with Crippen molar-refractivity contribution in [2.24, 2.45) is 5.41 Å². The molecular formula is C48H64N10O5. The number of hydrogen-bond acceptors (Lipinski definition) is 10. The topological polar surface area (TPSA) is 195 Å². The summed E-state index contributed by atoms with van der Waals surface area (Å²) in [6.07, 6.45) is 5.67. The van der Waals surface area contributed by atoms with E-state index in [1.807, 2.05) is 21.6 Å². The number of anilines is 2. The summed E-state index contributed by atoms with van der Waals surface area (Å²) in [6, 6.07) is 11.0. The van der Waals surface area contributed by atoms with E-state index in [-0.39, 0.29) is 29.1 Å². The zero-order valence-corrected chi connectivity index (χ0v) is 38.2. The van der Waals surface area contributed by atoms with Gasteiger partial charge >= 0.3 is 6.09 Å². The number of aromatic nitrogens is 3. The van der Waals surface area contributed by atoms with Gasteiger partial charge in [0.25, 0.3) is 0 Å². The molecule has 3 amide bonds. The van der Waals surface area contributed by atoms with Crippen molar-refractivity contribution in [1.29, 1.82) is 5.26 Å². The molecule has 2 aliphatic heterocycles. The van der Waals surface area contributed by atoms with E-state index in [1.165, 1.54) is 0 Å². The number of nitrogen functional groups attached to an aromatic ring is 1. The number of nitrogens with zero attached hydrogens (tertiary/aromatic N) is 6. The molecular weight excluding hydrogens is 797 g/mol. The first-order chi connectivity index (χ1) is 29.8. The number of amides is 3. The fourth-order valence-electron chi connectivity index (χ4n) is 9.62. The van der Waals surface area contributed by atoms with Crippen LogP contribution in [0.15, 0.2) is 42.7 Å². The molecule has 63 heavy (non-hydrogen) atoms. The molecule has 15 heteroatoms. The van der Waals surface area contributed by atoms with Crippen LogP contribution in [0.25, 0.3) is 10.9 Å². The Hall–Kier alpha value is -5.88. The molecule has 2 atom stereocenters. The van der Waals surface area contributed by atoms with Crippen molar-refractivity contribution in [2.75, 3.05) is 56.4 Å². The van der Waals surface area contributed by atoms with Crippen molar-refractivity contribution >= 4 is 46.2 Å². The lowest BCUT2D eigenvalue weighted by Gasteiger charge is -2.39. The van der Waals surface area contributed by atoms with Crippen LogP contribution in [-0.4, -0.2) is 112 Å². The van der Waals surface area contributed by atoms with E-state index in [0.717, 1.165) is 58.5 Å². The average Bonchev–Trinajstić information content (AvgIpc) is 3.92. The molecule has 3 aliphatic rings. The maximum absolute atomic E-state index is 14.1. The number of piperazine rings is 1. The number of fused-ring (bicyclic) bond motifs is 4. The smallest absolute Gasteiger partial charge is 0.408 e. The van der Waals surface area contributed by atoms with Crippen LogP contribution in [-0.2, 0) is 32.7 Å². The standard InChI is InChI=1S/C48H64N10O5/c1-9-31-25-33-34(48(7,8)42-40(41(33)60)32-15-14-30(27-49)24-36(32)52-42)26-37(31)56-20-22-57(23-21-56)39(59)13-11-17-55-28-38(47(5,6)29-55)54-43(61)35(53-45(62)63-46(2,3)4)12-10-18-58-19-16-51-44(58)50/h14-16,19,24-26,35,38,52H,9-13,17-18,20-23,28-29H2,1-8H3,(H2,50,51)(H,53,62)(H,54,61)/t35-,38+/m1/s1. The van der Waals surface area contributed by atoms with Crippen LogP contribution in [0.3, 0.4) is 0 Å². The van der Waals surface area contributed by atoms with E-state index in [9.17, 15) is 24.4 Å². The van der Waals surface area contributed by atoms with E-state index in [2.05, 4.69) is 83.2 Å².